The van der Waals surface area contributed by atoms with E-state index in [9.17, 15) is 18.0 Å². The number of nitrogens with zero attached hydrogens (tertiary/aromatic N) is 2. The number of nitrogens with two attached hydrogens (primary N) is 1. The Morgan fingerprint density at radius 1 is 1.57 bits per heavy atom. The monoisotopic (exact) mass is 305 g/mol. The average Bonchev–Trinajstić information content (AvgIpc) is 2.90. The van der Waals surface area contributed by atoms with Crippen molar-refractivity contribution in [2.24, 2.45) is 10.7 Å². The molecule has 1 heterocycles. The van der Waals surface area contributed by atoms with E-state index < -0.39 is 25.1 Å². The van der Waals surface area contributed by atoms with Gasteiger partial charge >= 0.3 is 12.1 Å². The van der Waals surface area contributed by atoms with Crippen LogP contribution in [0.25, 0.3) is 0 Å². The van der Waals surface area contributed by atoms with Gasteiger partial charge in [-0.05, 0) is 13.0 Å². The van der Waals surface area contributed by atoms with Crippen LogP contribution in [0.5, 0.6) is 0 Å². The molecule has 0 aliphatic carbocycles. The lowest BCUT2D eigenvalue weighted by Gasteiger charge is -2.05. The van der Waals surface area contributed by atoms with Gasteiger partial charge in [0, 0.05) is 12.6 Å². The standard InChI is InChI=1S/C12H14F3N3O3/c1-2-20-11(19)8(16)7-10(9-3-6-21-18-9)17-5-4-12(13,14)15/h3,6-7H,2,4-5,16H2,1H3. The molecular weight excluding hydrogens is 291 g/mol. The van der Waals surface area contributed by atoms with Crippen LogP contribution in [0.15, 0.2) is 33.6 Å². The highest BCUT2D eigenvalue weighted by atomic mass is 19.4. The molecule has 0 atom stereocenters. The van der Waals surface area contributed by atoms with E-state index in [1.807, 2.05) is 0 Å². The van der Waals surface area contributed by atoms with Gasteiger partial charge in [0.15, 0.2) is 0 Å². The SMILES string of the molecule is CCOC(=O)C(N)=CC(=NCCC(F)(F)F)c1ccon1. The van der Waals surface area contributed by atoms with Crippen molar-refractivity contribution in [1.29, 1.82) is 0 Å². The summed E-state index contributed by atoms with van der Waals surface area (Å²) < 4.78 is 45.6. The van der Waals surface area contributed by atoms with Crippen molar-refractivity contribution >= 4 is 11.7 Å². The summed E-state index contributed by atoms with van der Waals surface area (Å²) in [5.74, 6) is -0.787. The van der Waals surface area contributed by atoms with Crippen molar-refractivity contribution in [1.82, 2.24) is 5.16 Å². The quantitative estimate of drug-likeness (QED) is 0.492. The zero-order valence-corrected chi connectivity index (χ0v) is 11.2. The highest BCUT2D eigenvalue weighted by Crippen LogP contribution is 2.19. The number of carbonyl (C=O) groups is 1. The second-order valence-corrected chi connectivity index (χ2v) is 3.84. The summed E-state index contributed by atoms with van der Waals surface area (Å²) >= 11 is 0. The fourth-order valence-corrected chi connectivity index (χ4v) is 1.27. The lowest BCUT2D eigenvalue weighted by atomic mass is 10.2. The predicted molar refractivity (Wildman–Crippen MR) is 67.5 cm³/mol. The van der Waals surface area contributed by atoms with Gasteiger partial charge in [0.05, 0.1) is 18.7 Å². The van der Waals surface area contributed by atoms with Crippen LogP contribution >= 0.6 is 0 Å². The molecule has 0 unspecified atom stereocenters. The third-order valence-corrected chi connectivity index (χ3v) is 2.18. The molecule has 6 nitrogen and oxygen atoms in total. The first kappa shape index (κ1) is 16.7. The molecule has 116 valence electrons. The Hall–Kier alpha value is -2.32. The number of esters is 1. The largest absolute Gasteiger partial charge is 0.461 e. The Balaban J connectivity index is 2.91. The topological polar surface area (TPSA) is 90.7 Å². The van der Waals surface area contributed by atoms with Crippen LogP contribution in [0.4, 0.5) is 13.2 Å². The van der Waals surface area contributed by atoms with Crippen molar-refractivity contribution in [3.05, 3.63) is 29.8 Å². The van der Waals surface area contributed by atoms with Crippen LogP contribution in [0.1, 0.15) is 19.0 Å². The minimum atomic E-state index is -4.32. The Kier molecular flexibility index (Phi) is 5.94. The Morgan fingerprint density at radius 3 is 2.81 bits per heavy atom. The minimum Gasteiger partial charge on any atom is -0.461 e. The number of allylic oxidation sites excluding steroid dienone is 1. The fourth-order valence-electron chi connectivity index (χ4n) is 1.27. The van der Waals surface area contributed by atoms with Crippen molar-refractivity contribution in [2.45, 2.75) is 19.5 Å². The lowest BCUT2D eigenvalue weighted by molar-refractivity contribution is -0.138. The predicted octanol–water partition coefficient (Wildman–Crippen LogP) is 1.82. The second-order valence-electron chi connectivity index (χ2n) is 3.84. The molecule has 0 aliphatic heterocycles. The molecule has 0 amide bonds. The maximum absolute atomic E-state index is 12.1. The molecule has 9 heteroatoms. The molecule has 0 spiro atoms. The molecule has 0 bridgehead atoms. The van der Waals surface area contributed by atoms with E-state index in [4.69, 9.17) is 5.73 Å². The third kappa shape index (κ3) is 6.11. The Morgan fingerprint density at radius 2 is 2.29 bits per heavy atom. The van der Waals surface area contributed by atoms with Crippen LogP contribution < -0.4 is 5.73 Å². The highest BCUT2D eigenvalue weighted by molar-refractivity contribution is 6.10. The van der Waals surface area contributed by atoms with E-state index in [1.165, 1.54) is 12.3 Å². The number of hydrogen-bond donors (Lipinski definition) is 1. The van der Waals surface area contributed by atoms with E-state index in [1.54, 1.807) is 6.92 Å². The number of ether oxygens (including phenoxy) is 1. The molecule has 0 aliphatic rings. The highest BCUT2D eigenvalue weighted by Gasteiger charge is 2.26. The van der Waals surface area contributed by atoms with Gasteiger partial charge in [-0.15, -0.1) is 0 Å². The van der Waals surface area contributed by atoms with E-state index in [2.05, 4.69) is 19.4 Å². The van der Waals surface area contributed by atoms with Gasteiger partial charge in [-0.1, -0.05) is 5.16 Å². The number of rotatable bonds is 6. The first-order valence-corrected chi connectivity index (χ1v) is 5.99. The zero-order valence-electron chi connectivity index (χ0n) is 11.2. The Labute approximate surface area is 118 Å². The molecule has 1 aromatic heterocycles. The molecule has 21 heavy (non-hydrogen) atoms. The van der Waals surface area contributed by atoms with Gasteiger partial charge in [0.2, 0.25) is 0 Å². The lowest BCUT2D eigenvalue weighted by Crippen LogP contribution is -2.17. The van der Waals surface area contributed by atoms with Crippen LogP contribution in [0.3, 0.4) is 0 Å². The third-order valence-electron chi connectivity index (χ3n) is 2.18. The molecule has 1 aromatic rings. The molecule has 2 N–H and O–H groups in total. The number of hydrogen-bond acceptors (Lipinski definition) is 6. The number of aliphatic imine (C=N–C) groups is 1. The normalized spacial score (nSPS) is 13.3. The molecule has 1 rings (SSSR count). The summed E-state index contributed by atoms with van der Waals surface area (Å²) in [7, 11) is 0. The maximum atomic E-state index is 12.1. The molecule has 0 fully saturated rings. The van der Waals surface area contributed by atoms with E-state index in [-0.39, 0.29) is 23.7 Å². The van der Waals surface area contributed by atoms with Crippen LogP contribution in [-0.2, 0) is 9.53 Å². The summed E-state index contributed by atoms with van der Waals surface area (Å²) in [5, 5.41) is 3.55. The molecular formula is C12H14F3N3O3. The summed E-state index contributed by atoms with van der Waals surface area (Å²) in [6.07, 6.45) is -3.09. The van der Waals surface area contributed by atoms with Crippen molar-refractivity contribution in [3.8, 4) is 0 Å². The first-order chi connectivity index (χ1) is 9.83. The fraction of sp³-hybridized carbons (Fsp3) is 0.417. The van der Waals surface area contributed by atoms with Gasteiger partial charge in [0.1, 0.15) is 17.7 Å². The molecule has 0 saturated heterocycles. The van der Waals surface area contributed by atoms with Crippen molar-refractivity contribution in [2.75, 3.05) is 13.2 Å². The molecule has 0 saturated carbocycles. The van der Waals surface area contributed by atoms with Crippen molar-refractivity contribution in [3.63, 3.8) is 0 Å². The first-order valence-electron chi connectivity index (χ1n) is 5.99. The van der Waals surface area contributed by atoms with E-state index in [0.717, 1.165) is 6.08 Å². The second kappa shape index (κ2) is 7.46. The van der Waals surface area contributed by atoms with E-state index >= 15 is 0 Å². The van der Waals surface area contributed by atoms with Crippen molar-refractivity contribution < 1.29 is 27.2 Å². The molecule has 0 aromatic carbocycles. The summed E-state index contributed by atoms with van der Waals surface area (Å²) in [5.41, 5.74) is 5.39. The van der Waals surface area contributed by atoms with Gasteiger partial charge in [-0.25, -0.2) is 4.79 Å². The summed E-state index contributed by atoms with van der Waals surface area (Å²) in [6, 6.07) is 1.39. The number of alkyl halides is 3. The average molecular weight is 305 g/mol. The number of carbonyl (C=O) groups excluding carboxylic acids is 1. The van der Waals surface area contributed by atoms with Gasteiger partial charge < -0.3 is 15.0 Å². The van der Waals surface area contributed by atoms with Crippen LogP contribution in [-0.4, -0.2) is 36.2 Å². The van der Waals surface area contributed by atoms with Crippen LogP contribution in [0.2, 0.25) is 0 Å². The number of aromatic nitrogens is 1. The zero-order chi connectivity index (χ0) is 15.9. The van der Waals surface area contributed by atoms with Crippen LogP contribution in [0, 0.1) is 0 Å². The smallest absolute Gasteiger partial charge is 0.390 e. The summed E-state index contributed by atoms with van der Waals surface area (Å²) in [4.78, 5) is 15.1. The van der Waals surface area contributed by atoms with Gasteiger partial charge in [-0.2, -0.15) is 13.2 Å². The van der Waals surface area contributed by atoms with Gasteiger partial charge in [-0.3, -0.25) is 4.99 Å². The maximum Gasteiger partial charge on any atom is 0.390 e. The minimum absolute atomic E-state index is 0.0125. The van der Waals surface area contributed by atoms with E-state index in [0.29, 0.717) is 0 Å². The Bertz CT molecular complexity index is 522. The number of halogens is 3. The summed E-state index contributed by atoms with van der Waals surface area (Å²) in [6.45, 7) is 1.21. The van der Waals surface area contributed by atoms with Gasteiger partial charge in [0.25, 0.3) is 0 Å². The molecule has 0 radical (unpaired) electrons.